The van der Waals surface area contributed by atoms with Crippen LogP contribution in [0.5, 0.6) is 0 Å². The van der Waals surface area contributed by atoms with Gasteiger partial charge in [-0.1, -0.05) is 6.07 Å². The minimum absolute atomic E-state index is 0.675. The number of aromatic nitrogens is 6. The highest BCUT2D eigenvalue weighted by Gasteiger charge is 2.22. The molecule has 0 spiro atoms. The van der Waals surface area contributed by atoms with Crippen molar-refractivity contribution < 1.29 is 5.11 Å². The predicted molar refractivity (Wildman–Crippen MR) is 108 cm³/mol. The van der Waals surface area contributed by atoms with Crippen LogP contribution in [-0.2, 0) is 26.7 Å². The second kappa shape index (κ2) is 7.13. The topological polar surface area (TPSA) is 76.4 Å². The van der Waals surface area contributed by atoms with Gasteiger partial charge < -0.3 is 9.51 Å². The molecule has 0 saturated heterocycles. The van der Waals surface area contributed by atoms with Gasteiger partial charge in [-0.15, -0.1) is 0 Å². The molecule has 0 radical (unpaired) electrons. The molecule has 0 aliphatic carbocycles. The average molecular weight is 391 g/mol. The highest BCUT2D eigenvalue weighted by Crippen LogP contribution is 2.23. The zero-order valence-corrected chi connectivity index (χ0v) is 16.7. The number of aliphatic hydroxyl groups excluding tert-OH is 1. The minimum atomic E-state index is -0.767. The quantitative estimate of drug-likeness (QED) is 0.576. The number of fused-ring (bicyclic) bond motifs is 2. The van der Waals surface area contributed by atoms with Crippen LogP contribution in [0.2, 0.25) is 0 Å². The van der Waals surface area contributed by atoms with Crippen LogP contribution < -0.4 is 0 Å². The van der Waals surface area contributed by atoms with Gasteiger partial charge in [0.15, 0.2) is 0 Å². The lowest BCUT2D eigenvalue weighted by molar-refractivity contribution is 0.203. The summed E-state index contributed by atoms with van der Waals surface area (Å²) in [5.41, 5.74) is 5.81. The zero-order chi connectivity index (χ0) is 20.0. The lowest BCUT2D eigenvalue weighted by Crippen LogP contribution is -2.23. The first-order chi connectivity index (χ1) is 14.1. The third kappa shape index (κ3) is 3.45. The fourth-order valence-electron chi connectivity index (χ4n) is 4.08. The molecular formula is C21H25N7O. The van der Waals surface area contributed by atoms with E-state index in [1.807, 2.05) is 23.9 Å². The van der Waals surface area contributed by atoms with Crippen LogP contribution in [0.1, 0.15) is 40.9 Å². The first-order valence-corrected chi connectivity index (χ1v) is 9.96. The fraction of sp³-hybridized carbons (Fsp3) is 0.381. The summed E-state index contributed by atoms with van der Waals surface area (Å²) >= 11 is 0. The highest BCUT2D eigenvalue weighted by atomic mass is 16.3. The normalized spacial score (nSPS) is 16.1. The number of aryl methyl sites for hydroxylation is 3. The molecule has 1 aliphatic heterocycles. The smallest absolute Gasteiger partial charge is 0.139 e. The first kappa shape index (κ1) is 18.1. The maximum absolute atomic E-state index is 10.7. The summed E-state index contributed by atoms with van der Waals surface area (Å²) in [4.78, 5) is 7.16. The molecule has 5 rings (SSSR count). The van der Waals surface area contributed by atoms with Crippen molar-refractivity contribution in [1.82, 2.24) is 33.8 Å². The molecule has 4 aromatic heterocycles. The fourth-order valence-corrected chi connectivity index (χ4v) is 4.08. The molecule has 0 fully saturated rings. The average Bonchev–Trinajstić information content (AvgIpc) is 3.37. The van der Waals surface area contributed by atoms with Crippen LogP contribution >= 0.6 is 0 Å². The van der Waals surface area contributed by atoms with Crippen molar-refractivity contribution in [2.45, 2.75) is 39.1 Å². The van der Waals surface area contributed by atoms with E-state index >= 15 is 0 Å². The van der Waals surface area contributed by atoms with E-state index in [0.29, 0.717) is 5.69 Å². The van der Waals surface area contributed by atoms with Crippen LogP contribution in [0.15, 0.2) is 42.9 Å². The molecule has 0 aromatic carbocycles. The number of hydrogen-bond donors (Lipinski definition) is 1. The van der Waals surface area contributed by atoms with E-state index in [9.17, 15) is 5.11 Å². The van der Waals surface area contributed by atoms with E-state index in [0.717, 1.165) is 55.3 Å². The van der Waals surface area contributed by atoms with Crippen molar-refractivity contribution in [2.24, 2.45) is 7.05 Å². The molecule has 0 unspecified atom stereocenters. The van der Waals surface area contributed by atoms with Gasteiger partial charge in [0.1, 0.15) is 11.8 Å². The van der Waals surface area contributed by atoms with E-state index in [1.165, 1.54) is 5.56 Å². The van der Waals surface area contributed by atoms with Crippen molar-refractivity contribution in [3.05, 3.63) is 71.2 Å². The molecule has 0 amide bonds. The van der Waals surface area contributed by atoms with Gasteiger partial charge >= 0.3 is 0 Å². The molecule has 1 N–H and O–H groups in total. The Morgan fingerprint density at radius 3 is 2.90 bits per heavy atom. The van der Waals surface area contributed by atoms with Crippen molar-refractivity contribution in [1.29, 1.82) is 0 Å². The van der Waals surface area contributed by atoms with Gasteiger partial charge in [0, 0.05) is 51.8 Å². The van der Waals surface area contributed by atoms with E-state index in [-0.39, 0.29) is 0 Å². The van der Waals surface area contributed by atoms with Crippen LogP contribution in [0.4, 0.5) is 0 Å². The second-order valence-electron chi connectivity index (χ2n) is 7.83. The number of rotatable bonds is 4. The summed E-state index contributed by atoms with van der Waals surface area (Å²) in [5, 5.41) is 19.5. The summed E-state index contributed by atoms with van der Waals surface area (Å²) in [6, 6.07) is 7.99. The van der Waals surface area contributed by atoms with E-state index in [1.54, 1.807) is 10.9 Å². The van der Waals surface area contributed by atoms with Crippen molar-refractivity contribution >= 4 is 5.65 Å². The van der Waals surface area contributed by atoms with E-state index in [4.69, 9.17) is 4.98 Å². The Hall–Kier alpha value is -2.97. The second-order valence-corrected chi connectivity index (χ2v) is 7.83. The van der Waals surface area contributed by atoms with Crippen molar-refractivity contribution in [2.75, 3.05) is 6.54 Å². The van der Waals surface area contributed by atoms with E-state index < -0.39 is 6.10 Å². The van der Waals surface area contributed by atoms with Crippen LogP contribution in [0.3, 0.4) is 0 Å². The summed E-state index contributed by atoms with van der Waals surface area (Å²) < 4.78 is 5.81. The molecule has 8 heteroatoms. The summed E-state index contributed by atoms with van der Waals surface area (Å²) in [6.07, 6.45) is 6.16. The molecule has 5 heterocycles. The lowest BCUT2D eigenvalue weighted by Gasteiger charge is -2.17. The van der Waals surface area contributed by atoms with Gasteiger partial charge in [-0.25, -0.2) is 4.98 Å². The van der Waals surface area contributed by atoms with E-state index in [2.05, 4.69) is 50.9 Å². The molecule has 150 valence electrons. The molecule has 1 atom stereocenters. The van der Waals surface area contributed by atoms with Gasteiger partial charge in [-0.05, 0) is 37.1 Å². The monoisotopic (exact) mass is 391 g/mol. The van der Waals surface area contributed by atoms with Crippen LogP contribution in [0, 0.1) is 6.92 Å². The Kier molecular flexibility index (Phi) is 4.44. The summed E-state index contributed by atoms with van der Waals surface area (Å²) in [7, 11) is 1.83. The van der Waals surface area contributed by atoms with Crippen molar-refractivity contribution in [3.8, 4) is 0 Å². The summed E-state index contributed by atoms with van der Waals surface area (Å²) in [5.74, 6) is 0. The Labute approximate surface area is 169 Å². The van der Waals surface area contributed by atoms with Crippen LogP contribution in [0.25, 0.3) is 5.65 Å². The number of aliphatic hydroxyl groups is 1. The molecule has 4 aromatic rings. The van der Waals surface area contributed by atoms with Gasteiger partial charge in [0.2, 0.25) is 0 Å². The third-order valence-corrected chi connectivity index (χ3v) is 5.57. The number of pyridine rings is 1. The Morgan fingerprint density at radius 1 is 1.17 bits per heavy atom. The molecule has 8 nitrogen and oxygen atoms in total. The Balaban J connectivity index is 1.36. The molecule has 29 heavy (non-hydrogen) atoms. The molecular weight excluding hydrogens is 366 g/mol. The maximum Gasteiger partial charge on any atom is 0.139 e. The number of nitrogens with zero attached hydrogens (tertiary/aromatic N) is 7. The predicted octanol–water partition coefficient (Wildman–Crippen LogP) is 2.06. The highest BCUT2D eigenvalue weighted by molar-refractivity contribution is 5.41. The third-order valence-electron chi connectivity index (χ3n) is 5.57. The first-order valence-electron chi connectivity index (χ1n) is 9.96. The van der Waals surface area contributed by atoms with Crippen LogP contribution in [-0.4, -0.2) is 45.5 Å². The standard InChI is InChI=1S/C21H25N7O/c1-15-4-5-20-23-16(13-27(20)11-15)12-26-8-3-9-28-17(14-26)10-18(24-28)21(29)19-6-7-22-25(19)2/h4-7,10-11,13,21,29H,3,8-9,12,14H2,1-2H3/t21-/m1/s1. The molecule has 0 bridgehead atoms. The molecule has 0 saturated carbocycles. The minimum Gasteiger partial charge on any atom is -0.380 e. The van der Waals surface area contributed by atoms with Gasteiger partial charge in [0.25, 0.3) is 0 Å². The maximum atomic E-state index is 10.7. The SMILES string of the molecule is Cc1ccc2nc(CN3CCCn4nc([C@@H](O)c5ccnn5C)cc4C3)cn2c1. The Morgan fingerprint density at radius 2 is 2.07 bits per heavy atom. The van der Waals surface area contributed by atoms with Gasteiger partial charge in [-0.2, -0.15) is 10.2 Å². The Bertz CT molecular complexity index is 1160. The largest absolute Gasteiger partial charge is 0.380 e. The van der Waals surface area contributed by atoms with Gasteiger partial charge in [0.05, 0.1) is 22.8 Å². The summed E-state index contributed by atoms with van der Waals surface area (Å²) in [6.45, 7) is 5.53. The zero-order valence-electron chi connectivity index (χ0n) is 16.7. The number of imidazole rings is 1. The van der Waals surface area contributed by atoms with Crippen molar-refractivity contribution in [3.63, 3.8) is 0 Å². The molecule has 1 aliphatic rings. The number of hydrogen-bond acceptors (Lipinski definition) is 5. The van der Waals surface area contributed by atoms with Gasteiger partial charge in [-0.3, -0.25) is 14.3 Å². The lowest BCUT2D eigenvalue weighted by atomic mass is 10.2.